The van der Waals surface area contributed by atoms with Crippen LogP contribution >= 0.6 is 0 Å². The summed E-state index contributed by atoms with van der Waals surface area (Å²) >= 11 is 0. The Morgan fingerprint density at radius 1 is 1.11 bits per heavy atom. The second-order valence-electron chi connectivity index (χ2n) is 10.1. The van der Waals surface area contributed by atoms with Gasteiger partial charge in [0.2, 0.25) is 0 Å². The number of phenolic OH excluding ortho intramolecular Hbond substituents is 2. The standard InChI is InChI=1S/C28H42N2O8/c1-15-10-19-13-20(14-21(31)25(19)33)30-27(34)16(2)8-7-9-22(36-5)26(38-28(29)35)18(4)12-17(3)24(32)23(11-15)37-6/h8,12-15,17,22-24,26,31-33H,7,9-11H2,1-6H3,(H2,29,35)(H,30,34)/b16-8+,18-12+/t15-,17+,22+,23+,24-,26+/m1/s1. The number of allylic oxidation sites excluding steroid dienone is 1. The number of aliphatic hydroxyl groups is 1. The van der Waals surface area contributed by atoms with E-state index in [2.05, 4.69) is 5.32 Å². The highest BCUT2D eigenvalue weighted by Crippen LogP contribution is 2.35. The molecule has 0 aliphatic carbocycles. The summed E-state index contributed by atoms with van der Waals surface area (Å²) in [7, 11) is 3.03. The van der Waals surface area contributed by atoms with Crippen LogP contribution < -0.4 is 11.1 Å². The number of primary amides is 1. The molecule has 1 aromatic carbocycles. The minimum Gasteiger partial charge on any atom is -0.504 e. The molecule has 1 aliphatic rings. The van der Waals surface area contributed by atoms with Crippen molar-refractivity contribution < 1.29 is 39.1 Å². The van der Waals surface area contributed by atoms with Gasteiger partial charge in [-0.25, -0.2) is 4.79 Å². The van der Waals surface area contributed by atoms with Gasteiger partial charge < -0.3 is 40.6 Å². The summed E-state index contributed by atoms with van der Waals surface area (Å²) < 4.78 is 16.6. The lowest BCUT2D eigenvalue weighted by Crippen LogP contribution is -2.37. The number of phenols is 2. The fourth-order valence-electron chi connectivity index (χ4n) is 4.85. The first kappa shape index (κ1) is 31.1. The number of rotatable bonds is 3. The Hall–Kier alpha value is -3.08. The van der Waals surface area contributed by atoms with E-state index in [1.165, 1.54) is 20.3 Å². The topological polar surface area (TPSA) is 161 Å². The third kappa shape index (κ3) is 8.47. The van der Waals surface area contributed by atoms with Crippen LogP contribution in [0.1, 0.15) is 52.5 Å². The maximum Gasteiger partial charge on any atom is 0.405 e. The van der Waals surface area contributed by atoms with Gasteiger partial charge in [-0.1, -0.05) is 26.0 Å². The first-order valence-electron chi connectivity index (χ1n) is 12.8. The van der Waals surface area contributed by atoms with Crippen LogP contribution in [0.15, 0.2) is 35.4 Å². The van der Waals surface area contributed by atoms with Gasteiger partial charge in [-0.2, -0.15) is 0 Å². The van der Waals surface area contributed by atoms with E-state index in [4.69, 9.17) is 19.9 Å². The molecular weight excluding hydrogens is 492 g/mol. The molecule has 0 saturated heterocycles. The van der Waals surface area contributed by atoms with E-state index in [0.29, 0.717) is 48.1 Å². The molecule has 6 atom stereocenters. The van der Waals surface area contributed by atoms with E-state index in [1.807, 2.05) is 19.9 Å². The predicted octanol–water partition coefficient (Wildman–Crippen LogP) is 3.78. The zero-order chi connectivity index (χ0) is 28.6. The number of hydrogen-bond acceptors (Lipinski definition) is 8. The number of methoxy groups -OCH3 is 2. The average molecular weight is 535 g/mol. The number of ether oxygens (including phenoxy) is 3. The van der Waals surface area contributed by atoms with Crippen molar-refractivity contribution in [2.75, 3.05) is 19.5 Å². The molecule has 0 aromatic heterocycles. The number of amides is 2. The Kier molecular flexibility index (Phi) is 11.6. The molecule has 2 amide bonds. The maximum absolute atomic E-state index is 12.8. The predicted molar refractivity (Wildman–Crippen MR) is 144 cm³/mol. The number of hydrogen-bond donors (Lipinski definition) is 5. The number of nitrogens with one attached hydrogen (secondary N) is 1. The maximum atomic E-state index is 12.8. The molecule has 1 heterocycles. The zero-order valence-electron chi connectivity index (χ0n) is 23.1. The smallest absolute Gasteiger partial charge is 0.405 e. The van der Waals surface area contributed by atoms with E-state index < -0.39 is 30.5 Å². The molecular formula is C28H42N2O8. The molecule has 0 saturated carbocycles. The molecule has 2 rings (SSSR count). The van der Waals surface area contributed by atoms with Gasteiger partial charge in [0.25, 0.3) is 5.91 Å². The van der Waals surface area contributed by atoms with Crippen LogP contribution in [0.3, 0.4) is 0 Å². The highest BCUT2D eigenvalue weighted by atomic mass is 16.6. The van der Waals surface area contributed by atoms with Crippen LogP contribution in [0.2, 0.25) is 0 Å². The summed E-state index contributed by atoms with van der Waals surface area (Å²) in [5.41, 5.74) is 7.27. The van der Waals surface area contributed by atoms with E-state index in [0.717, 1.165) is 0 Å². The summed E-state index contributed by atoms with van der Waals surface area (Å²) in [6.07, 6.45) is 1.55. The normalized spacial score (nSPS) is 30.9. The van der Waals surface area contributed by atoms with Crippen molar-refractivity contribution in [2.24, 2.45) is 17.6 Å². The van der Waals surface area contributed by atoms with Crippen molar-refractivity contribution >= 4 is 17.7 Å². The Bertz CT molecular complexity index is 1040. The van der Waals surface area contributed by atoms with Gasteiger partial charge in [0.15, 0.2) is 17.6 Å². The largest absolute Gasteiger partial charge is 0.504 e. The Balaban J connectivity index is 2.51. The molecule has 212 valence electrons. The molecule has 2 bridgehead atoms. The van der Waals surface area contributed by atoms with Crippen LogP contribution in [-0.2, 0) is 25.4 Å². The van der Waals surface area contributed by atoms with Crippen molar-refractivity contribution in [3.63, 3.8) is 0 Å². The van der Waals surface area contributed by atoms with Gasteiger partial charge in [0.1, 0.15) is 0 Å². The number of benzene rings is 1. The van der Waals surface area contributed by atoms with E-state index in [-0.39, 0.29) is 29.2 Å². The van der Waals surface area contributed by atoms with Crippen molar-refractivity contribution in [1.82, 2.24) is 0 Å². The lowest BCUT2D eigenvalue weighted by atomic mass is 9.88. The third-order valence-corrected chi connectivity index (χ3v) is 6.97. The summed E-state index contributed by atoms with van der Waals surface area (Å²) in [4.78, 5) is 24.5. The van der Waals surface area contributed by atoms with Crippen molar-refractivity contribution in [3.8, 4) is 11.5 Å². The van der Waals surface area contributed by atoms with E-state index in [9.17, 15) is 24.9 Å². The lowest BCUT2D eigenvalue weighted by molar-refractivity contribution is -0.112. The molecule has 0 unspecified atom stereocenters. The molecule has 0 radical (unpaired) electrons. The van der Waals surface area contributed by atoms with Crippen molar-refractivity contribution in [3.05, 3.63) is 41.0 Å². The minimum absolute atomic E-state index is 0.0596. The summed E-state index contributed by atoms with van der Waals surface area (Å²) in [5, 5.41) is 34.6. The molecule has 1 aliphatic heterocycles. The molecule has 1 aromatic rings. The molecule has 38 heavy (non-hydrogen) atoms. The van der Waals surface area contributed by atoms with Gasteiger partial charge >= 0.3 is 6.09 Å². The molecule has 10 nitrogen and oxygen atoms in total. The van der Waals surface area contributed by atoms with E-state index in [1.54, 1.807) is 26.0 Å². The van der Waals surface area contributed by atoms with Crippen LogP contribution in [0.4, 0.5) is 10.5 Å². The Labute approximate surface area is 224 Å². The second kappa shape index (κ2) is 14.2. The fourth-order valence-corrected chi connectivity index (χ4v) is 4.85. The van der Waals surface area contributed by atoms with Crippen LogP contribution in [0.25, 0.3) is 0 Å². The van der Waals surface area contributed by atoms with Crippen LogP contribution in [0.5, 0.6) is 11.5 Å². The average Bonchev–Trinajstić information content (AvgIpc) is 2.85. The second-order valence-corrected chi connectivity index (χ2v) is 10.1. The molecule has 10 heteroatoms. The summed E-state index contributed by atoms with van der Waals surface area (Å²) in [5.74, 6) is -1.37. The Morgan fingerprint density at radius 3 is 2.37 bits per heavy atom. The van der Waals surface area contributed by atoms with Gasteiger partial charge in [0.05, 0.1) is 18.3 Å². The molecule has 6 N–H and O–H groups in total. The molecule has 0 fully saturated rings. The number of carbonyl (C=O) groups is 2. The third-order valence-electron chi connectivity index (χ3n) is 6.97. The minimum atomic E-state index is -0.945. The zero-order valence-corrected chi connectivity index (χ0v) is 23.1. The molecule has 0 spiro atoms. The number of aromatic hydroxyl groups is 2. The number of anilines is 1. The summed E-state index contributed by atoms with van der Waals surface area (Å²) in [6.45, 7) is 7.24. The number of aliphatic hydroxyl groups excluding tert-OH is 1. The summed E-state index contributed by atoms with van der Waals surface area (Å²) in [6, 6.07) is 2.92. The lowest BCUT2D eigenvalue weighted by Gasteiger charge is -2.30. The highest BCUT2D eigenvalue weighted by molar-refractivity contribution is 6.03. The monoisotopic (exact) mass is 534 g/mol. The van der Waals surface area contributed by atoms with Crippen molar-refractivity contribution in [1.29, 1.82) is 0 Å². The van der Waals surface area contributed by atoms with E-state index >= 15 is 0 Å². The SMILES string of the molecule is CO[C@H]1C[C@H](C)Cc2cc(cc(O)c2O)NC(=O)/C(C)=C/CC[C@H](OC)[C@@H](OC(N)=O)/C(C)=C/[C@H](C)[C@H]1O. The number of carbonyl (C=O) groups excluding carboxylic acids is 2. The van der Waals surface area contributed by atoms with Crippen molar-refractivity contribution in [2.45, 2.75) is 77.8 Å². The number of fused-ring (bicyclic) bond motifs is 2. The van der Waals surface area contributed by atoms with Gasteiger partial charge in [-0.05, 0) is 57.1 Å². The van der Waals surface area contributed by atoms with Gasteiger partial charge in [-0.3, -0.25) is 4.79 Å². The Morgan fingerprint density at radius 2 is 1.76 bits per heavy atom. The first-order valence-corrected chi connectivity index (χ1v) is 12.8. The highest BCUT2D eigenvalue weighted by Gasteiger charge is 2.30. The number of nitrogens with two attached hydrogens (primary N) is 1. The van der Waals surface area contributed by atoms with Gasteiger partial charge in [0, 0.05) is 43.0 Å². The first-order chi connectivity index (χ1) is 17.9. The van der Waals surface area contributed by atoms with Crippen LogP contribution in [0, 0.1) is 11.8 Å². The van der Waals surface area contributed by atoms with Crippen LogP contribution in [-0.4, -0.2) is 66.0 Å². The van der Waals surface area contributed by atoms with Gasteiger partial charge in [-0.15, -0.1) is 0 Å². The fraction of sp³-hybridized carbons (Fsp3) is 0.571. The quantitative estimate of drug-likeness (QED) is 0.222.